The van der Waals surface area contributed by atoms with Crippen molar-refractivity contribution in [3.63, 3.8) is 0 Å². The number of nitrogens with one attached hydrogen (secondary N) is 3. The van der Waals surface area contributed by atoms with E-state index in [0.29, 0.717) is 25.4 Å². The molecule has 1 saturated heterocycles. The summed E-state index contributed by atoms with van der Waals surface area (Å²) in [6, 6.07) is -4.29. The van der Waals surface area contributed by atoms with Crippen LogP contribution >= 0.6 is 0 Å². The number of Topliss-reactive ketones (excluding diaryl/α,β-unsaturated/α-hetero) is 1. The smallest absolute Gasteiger partial charge is 0.316 e. The van der Waals surface area contributed by atoms with E-state index in [1.54, 1.807) is 11.9 Å². The van der Waals surface area contributed by atoms with Crippen molar-refractivity contribution in [2.45, 2.75) is 105 Å². The first kappa shape index (κ1) is 33.7. The third-order valence-electron chi connectivity index (χ3n) is 10.1. The quantitative estimate of drug-likeness (QED) is 0.228. The Balaban J connectivity index is 1.50. The Morgan fingerprint density at radius 3 is 2.05 bits per heavy atom. The number of carbonyl (C=O) groups excluding carboxylic acids is 6. The van der Waals surface area contributed by atoms with Crippen LogP contribution in [0, 0.1) is 40.4 Å². The minimum absolute atomic E-state index is 0.0790. The van der Waals surface area contributed by atoms with E-state index in [0.717, 1.165) is 25.7 Å². The second-order valence-electron chi connectivity index (χ2n) is 15.7. The van der Waals surface area contributed by atoms with Crippen LogP contribution in [0.4, 0.5) is 4.79 Å². The van der Waals surface area contributed by atoms with Crippen LogP contribution in [0.1, 0.15) is 80.6 Å². The van der Waals surface area contributed by atoms with Crippen molar-refractivity contribution in [2.24, 2.45) is 46.2 Å². The Morgan fingerprint density at radius 2 is 1.55 bits per heavy atom. The van der Waals surface area contributed by atoms with Gasteiger partial charge in [0.2, 0.25) is 23.5 Å². The lowest BCUT2D eigenvalue weighted by Gasteiger charge is -2.38. The van der Waals surface area contributed by atoms with Crippen LogP contribution in [-0.4, -0.2) is 89.5 Å². The Bertz CT molecular complexity index is 1190. The van der Waals surface area contributed by atoms with E-state index in [4.69, 9.17) is 5.73 Å². The highest BCUT2D eigenvalue weighted by atomic mass is 16.2. The molecule has 12 nitrogen and oxygen atoms in total. The molecule has 1 heterocycles. The molecule has 1 aliphatic heterocycles. The largest absolute Gasteiger partial charge is 0.363 e. The standard InChI is InChI=1S/C32H52N6O6/c1-16(2)22(28(42)37(8)14-18-11-12-18)35-30(44)36-25(31(3,4)5)29(43)38-15-19-21(32(19,6)7)23(38)27(41)34-20(13-17-9-10-17)24(39)26(33)40/h16-23,25H,9-15H2,1-8H3,(H2,33,40)(H,34,41)(H2,35,36,44)/t19-,20-,21-,22-,23-,25+/m0/s1. The van der Waals surface area contributed by atoms with Crippen LogP contribution in [0.25, 0.3) is 0 Å². The summed E-state index contributed by atoms with van der Waals surface area (Å²) >= 11 is 0. The monoisotopic (exact) mass is 616 g/mol. The van der Waals surface area contributed by atoms with E-state index in [1.807, 2.05) is 34.6 Å². The average Bonchev–Trinajstić information content (AvgIpc) is 3.87. The molecular weight excluding hydrogens is 564 g/mol. The Morgan fingerprint density at radius 1 is 0.955 bits per heavy atom. The van der Waals surface area contributed by atoms with E-state index in [9.17, 15) is 28.8 Å². The van der Waals surface area contributed by atoms with Gasteiger partial charge >= 0.3 is 6.03 Å². The van der Waals surface area contributed by atoms with Crippen molar-refractivity contribution in [1.29, 1.82) is 0 Å². The van der Waals surface area contributed by atoms with Gasteiger partial charge in [0.15, 0.2) is 0 Å². The Labute approximate surface area is 261 Å². The molecule has 0 bridgehead atoms. The summed E-state index contributed by atoms with van der Waals surface area (Å²) in [6.07, 6.45) is 4.38. The van der Waals surface area contributed by atoms with Gasteiger partial charge in [-0.3, -0.25) is 24.0 Å². The Kier molecular flexibility index (Phi) is 9.43. The minimum Gasteiger partial charge on any atom is -0.363 e. The zero-order chi connectivity index (χ0) is 32.9. The number of amides is 6. The molecule has 0 radical (unpaired) electrons. The third-order valence-corrected chi connectivity index (χ3v) is 10.1. The van der Waals surface area contributed by atoms with Crippen molar-refractivity contribution < 1.29 is 28.8 Å². The zero-order valence-corrected chi connectivity index (χ0v) is 27.6. The van der Waals surface area contributed by atoms with E-state index in [2.05, 4.69) is 29.8 Å². The number of carbonyl (C=O) groups is 6. The molecule has 3 saturated carbocycles. The number of nitrogens with two attached hydrogens (primary N) is 1. The lowest BCUT2D eigenvalue weighted by Crippen LogP contribution is -2.62. The van der Waals surface area contributed by atoms with Crippen molar-refractivity contribution in [3.05, 3.63) is 0 Å². The molecule has 0 spiro atoms. The van der Waals surface area contributed by atoms with Crippen molar-refractivity contribution in [3.8, 4) is 0 Å². The zero-order valence-electron chi connectivity index (χ0n) is 27.6. The highest BCUT2D eigenvalue weighted by Gasteiger charge is 2.70. The Hall–Kier alpha value is -3.18. The molecule has 6 amide bonds. The number of hydrogen-bond acceptors (Lipinski definition) is 6. The number of ketones is 1. The SMILES string of the molecule is CC(C)[C@H](NC(=O)N[C@H](C(=O)N1C[C@H]2[C@@H]([C@H]1C(=O)N[C@@H](CC1CC1)C(=O)C(N)=O)C2(C)C)C(C)(C)C)C(=O)N(C)CC1CC1. The highest BCUT2D eigenvalue weighted by Crippen LogP contribution is 2.65. The molecule has 246 valence electrons. The van der Waals surface area contributed by atoms with Crippen molar-refractivity contribution in [1.82, 2.24) is 25.8 Å². The van der Waals surface area contributed by atoms with Gasteiger partial charge in [0.05, 0.1) is 6.04 Å². The second-order valence-corrected chi connectivity index (χ2v) is 15.7. The molecule has 0 unspecified atom stereocenters. The third kappa shape index (κ3) is 7.37. The molecule has 12 heteroatoms. The fourth-order valence-corrected chi connectivity index (χ4v) is 6.82. The first-order chi connectivity index (χ1) is 20.3. The van der Waals surface area contributed by atoms with Gasteiger partial charge in [-0.05, 0) is 59.7 Å². The summed E-state index contributed by atoms with van der Waals surface area (Å²) in [5.41, 5.74) is 4.38. The number of primary amides is 1. The average molecular weight is 617 g/mol. The summed E-state index contributed by atoms with van der Waals surface area (Å²) in [7, 11) is 1.74. The first-order valence-electron chi connectivity index (χ1n) is 16.1. The number of rotatable bonds is 13. The summed E-state index contributed by atoms with van der Waals surface area (Å²) in [5.74, 6) is -2.47. The first-order valence-corrected chi connectivity index (χ1v) is 16.1. The number of urea groups is 1. The van der Waals surface area contributed by atoms with E-state index in [1.165, 1.54) is 4.90 Å². The minimum atomic E-state index is -1.10. The number of piperidine rings is 1. The topological polar surface area (TPSA) is 171 Å². The summed E-state index contributed by atoms with van der Waals surface area (Å²) in [6.45, 7) is 14.3. The fraction of sp³-hybridized carbons (Fsp3) is 0.812. The maximum Gasteiger partial charge on any atom is 0.316 e. The van der Waals surface area contributed by atoms with Crippen LogP contribution < -0.4 is 21.7 Å². The number of fused-ring (bicyclic) bond motifs is 1. The van der Waals surface area contributed by atoms with Gasteiger partial charge in [0.25, 0.3) is 5.91 Å². The molecule has 0 aromatic heterocycles. The predicted octanol–water partition coefficient (Wildman–Crippen LogP) is 1.42. The summed E-state index contributed by atoms with van der Waals surface area (Å²) in [4.78, 5) is 82.1. The van der Waals surface area contributed by atoms with Gasteiger partial charge < -0.3 is 31.5 Å². The normalized spacial score (nSPS) is 25.8. The molecule has 3 aliphatic carbocycles. The number of likely N-dealkylation sites (N-methyl/N-ethyl adjacent to an activating group) is 1. The molecular formula is C32H52N6O6. The molecule has 44 heavy (non-hydrogen) atoms. The van der Waals surface area contributed by atoms with Crippen LogP contribution in [0.5, 0.6) is 0 Å². The summed E-state index contributed by atoms with van der Waals surface area (Å²) < 4.78 is 0. The molecule has 0 aromatic carbocycles. The summed E-state index contributed by atoms with van der Waals surface area (Å²) in [5, 5.41) is 8.39. The van der Waals surface area contributed by atoms with Gasteiger partial charge in [-0.15, -0.1) is 0 Å². The van der Waals surface area contributed by atoms with E-state index >= 15 is 0 Å². The lowest BCUT2D eigenvalue weighted by atomic mass is 9.85. The van der Waals surface area contributed by atoms with Gasteiger partial charge in [-0.2, -0.15) is 0 Å². The maximum atomic E-state index is 14.2. The molecule has 4 aliphatic rings. The number of nitrogens with zero attached hydrogens (tertiary/aromatic N) is 2. The van der Waals surface area contributed by atoms with E-state index < -0.39 is 59.1 Å². The van der Waals surface area contributed by atoms with Gasteiger partial charge in [-0.25, -0.2) is 4.79 Å². The van der Waals surface area contributed by atoms with E-state index in [-0.39, 0.29) is 35.0 Å². The van der Waals surface area contributed by atoms with Crippen LogP contribution in [-0.2, 0) is 24.0 Å². The molecule has 4 rings (SSSR count). The molecule has 5 N–H and O–H groups in total. The number of hydrogen-bond donors (Lipinski definition) is 4. The fourth-order valence-electron chi connectivity index (χ4n) is 6.82. The molecule has 4 fully saturated rings. The second kappa shape index (κ2) is 12.3. The van der Waals surface area contributed by atoms with Crippen molar-refractivity contribution >= 4 is 35.4 Å². The van der Waals surface area contributed by atoms with Crippen LogP contribution in [0.15, 0.2) is 0 Å². The van der Waals surface area contributed by atoms with Crippen LogP contribution in [0.3, 0.4) is 0 Å². The predicted molar refractivity (Wildman–Crippen MR) is 164 cm³/mol. The highest BCUT2D eigenvalue weighted by molar-refractivity contribution is 6.37. The number of likely N-dealkylation sites (tertiary alicyclic amines) is 1. The van der Waals surface area contributed by atoms with Crippen molar-refractivity contribution in [2.75, 3.05) is 20.1 Å². The maximum absolute atomic E-state index is 14.2. The lowest BCUT2D eigenvalue weighted by molar-refractivity contribution is -0.145. The molecule has 6 atom stereocenters. The molecule has 0 aromatic rings. The van der Waals surface area contributed by atoms with Crippen LogP contribution in [0.2, 0.25) is 0 Å². The van der Waals surface area contributed by atoms with Gasteiger partial charge in [-0.1, -0.05) is 61.3 Å². The van der Waals surface area contributed by atoms with Gasteiger partial charge in [0.1, 0.15) is 18.1 Å². The van der Waals surface area contributed by atoms with Gasteiger partial charge in [0, 0.05) is 20.1 Å².